The maximum atomic E-state index is 12.8. The van der Waals surface area contributed by atoms with E-state index in [9.17, 15) is 9.90 Å². The first-order chi connectivity index (χ1) is 11.5. The third-order valence-corrected chi connectivity index (χ3v) is 5.49. The summed E-state index contributed by atoms with van der Waals surface area (Å²) in [6.07, 6.45) is 0.360. The van der Waals surface area contributed by atoms with Crippen molar-refractivity contribution in [2.45, 2.75) is 25.6 Å². The standard InChI is InChI=1S/C18H18N2O3S/c1-11-9-14-15(21)18(22)7-8-20(17(18)19-16(14)24-11)13-5-3-12(4-6-13)10-23-2/h3-6,9,22H,7-8,10H2,1-2H3. The molecular formula is C18H18N2O3S. The highest BCUT2D eigenvalue weighted by atomic mass is 32.1. The van der Waals surface area contributed by atoms with Gasteiger partial charge in [-0.05, 0) is 30.7 Å². The number of carbonyl (C=O) groups excluding carboxylic acids is 1. The van der Waals surface area contributed by atoms with Crippen LogP contribution in [-0.4, -0.2) is 36.0 Å². The van der Waals surface area contributed by atoms with Crippen molar-refractivity contribution in [1.29, 1.82) is 0 Å². The lowest BCUT2D eigenvalue weighted by molar-refractivity contribution is 0.0603. The van der Waals surface area contributed by atoms with Gasteiger partial charge in [-0.25, -0.2) is 4.99 Å². The zero-order valence-corrected chi connectivity index (χ0v) is 14.4. The van der Waals surface area contributed by atoms with Crippen molar-refractivity contribution in [2.75, 3.05) is 18.6 Å². The average molecular weight is 342 g/mol. The molecule has 0 aliphatic carbocycles. The van der Waals surface area contributed by atoms with Gasteiger partial charge in [-0.2, -0.15) is 0 Å². The van der Waals surface area contributed by atoms with Crippen molar-refractivity contribution in [2.24, 2.45) is 4.99 Å². The number of amidine groups is 1. The number of ketones is 1. The molecule has 24 heavy (non-hydrogen) atoms. The summed E-state index contributed by atoms with van der Waals surface area (Å²) in [4.78, 5) is 20.4. The van der Waals surface area contributed by atoms with Gasteiger partial charge in [0, 0.05) is 30.6 Å². The molecule has 3 heterocycles. The maximum Gasteiger partial charge on any atom is 0.205 e. The summed E-state index contributed by atoms with van der Waals surface area (Å²) in [7, 11) is 1.66. The molecule has 5 nitrogen and oxygen atoms in total. The second kappa shape index (κ2) is 5.51. The molecule has 0 bridgehead atoms. The number of aryl methyl sites for hydroxylation is 1. The highest BCUT2D eigenvalue weighted by molar-refractivity contribution is 7.16. The van der Waals surface area contributed by atoms with Gasteiger partial charge in [-0.15, -0.1) is 11.3 Å². The third kappa shape index (κ3) is 2.22. The Morgan fingerprint density at radius 2 is 2.12 bits per heavy atom. The number of anilines is 1. The van der Waals surface area contributed by atoms with Crippen molar-refractivity contribution >= 4 is 33.6 Å². The lowest BCUT2D eigenvalue weighted by atomic mass is 9.90. The number of hydrogen-bond donors (Lipinski definition) is 1. The number of methoxy groups -OCH3 is 1. The lowest BCUT2D eigenvalue weighted by Crippen LogP contribution is -2.48. The van der Waals surface area contributed by atoms with E-state index in [4.69, 9.17) is 4.74 Å². The molecule has 0 radical (unpaired) electrons. The number of Topliss-reactive ketones (excluding diaryl/α,β-unsaturated/α-hetero) is 1. The fourth-order valence-corrected chi connectivity index (χ4v) is 4.21. The number of rotatable bonds is 3. The number of carbonyl (C=O) groups is 1. The molecule has 124 valence electrons. The van der Waals surface area contributed by atoms with E-state index in [0.717, 1.165) is 16.1 Å². The van der Waals surface area contributed by atoms with E-state index in [1.807, 2.05) is 42.2 Å². The Morgan fingerprint density at radius 3 is 2.83 bits per heavy atom. The van der Waals surface area contributed by atoms with Crippen LogP contribution in [0, 0.1) is 6.92 Å². The molecule has 0 saturated carbocycles. The fourth-order valence-electron chi connectivity index (χ4n) is 3.34. The molecule has 0 spiro atoms. The van der Waals surface area contributed by atoms with Gasteiger partial charge in [0.15, 0.2) is 11.4 Å². The van der Waals surface area contributed by atoms with Gasteiger partial charge < -0.3 is 14.7 Å². The minimum absolute atomic E-state index is 0.231. The van der Waals surface area contributed by atoms with Crippen LogP contribution in [0.1, 0.15) is 27.2 Å². The van der Waals surface area contributed by atoms with Gasteiger partial charge in [-0.1, -0.05) is 12.1 Å². The van der Waals surface area contributed by atoms with Crippen molar-refractivity contribution in [3.8, 4) is 0 Å². The number of hydrogen-bond acceptors (Lipinski definition) is 6. The summed E-state index contributed by atoms with van der Waals surface area (Å²) < 4.78 is 5.13. The van der Waals surface area contributed by atoms with E-state index in [1.54, 1.807) is 7.11 Å². The van der Waals surface area contributed by atoms with E-state index in [1.165, 1.54) is 11.3 Å². The van der Waals surface area contributed by atoms with Crippen LogP contribution < -0.4 is 4.90 Å². The Hall–Kier alpha value is -2.02. The summed E-state index contributed by atoms with van der Waals surface area (Å²) in [5.74, 6) is 0.215. The highest BCUT2D eigenvalue weighted by Gasteiger charge is 2.52. The lowest BCUT2D eigenvalue weighted by Gasteiger charge is -2.28. The number of nitrogens with zero attached hydrogens (tertiary/aromatic N) is 2. The Balaban J connectivity index is 1.75. The van der Waals surface area contributed by atoms with Crippen LogP contribution in [0.4, 0.5) is 10.7 Å². The first-order valence-corrected chi connectivity index (χ1v) is 8.67. The topological polar surface area (TPSA) is 62.1 Å². The van der Waals surface area contributed by atoms with Crippen LogP contribution in [0.2, 0.25) is 0 Å². The molecule has 2 aliphatic rings. The number of thiophene rings is 1. The smallest absolute Gasteiger partial charge is 0.205 e. The van der Waals surface area contributed by atoms with Gasteiger partial charge in [0.25, 0.3) is 0 Å². The van der Waals surface area contributed by atoms with Gasteiger partial charge in [0.1, 0.15) is 5.00 Å². The van der Waals surface area contributed by atoms with Gasteiger partial charge in [-0.3, -0.25) is 4.79 Å². The molecule has 0 amide bonds. The highest BCUT2D eigenvalue weighted by Crippen LogP contribution is 2.43. The Labute approximate surface area is 144 Å². The van der Waals surface area contributed by atoms with Gasteiger partial charge in [0.2, 0.25) is 5.78 Å². The van der Waals surface area contributed by atoms with Crippen molar-refractivity contribution in [1.82, 2.24) is 0 Å². The predicted molar refractivity (Wildman–Crippen MR) is 94.5 cm³/mol. The second-order valence-corrected chi connectivity index (χ2v) is 7.44. The molecule has 1 N–H and O–H groups in total. The summed E-state index contributed by atoms with van der Waals surface area (Å²) in [6, 6.07) is 9.75. The number of aliphatic hydroxyl groups is 1. The van der Waals surface area contributed by atoms with Crippen LogP contribution in [0.3, 0.4) is 0 Å². The van der Waals surface area contributed by atoms with Crippen LogP contribution in [-0.2, 0) is 11.3 Å². The number of aliphatic imine (C=N–C) groups is 1. The third-order valence-electron chi connectivity index (χ3n) is 4.55. The minimum Gasteiger partial charge on any atom is -0.380 e. The molecule has 1 aromatic carbocycles. The Morgan fingerprint density at radius 1 is 1.38 bits per heavy atom. The Bertz CT molecular complexity index is 840. The quantitative estimate of drug-likeness (QED) is 0.931. The van der Waals surface area contributed by atoms with E-state index in [2.05, 4.69) is 4.99 Å². The Kier molecular flexibility index (Phi) is 3.56. The summed E-state index contributed by atoms with van der Waals surface area (Å²) >= 11 is 1.49. The molecule has 1 atom stereocenters. The van der Waals surface area contributed by atoms with Crippen LogP contribution >= 0.6 is 11.3 Å². The molecule has 6 heteroatoms. The van der Waals surface area contributed by atoms with Crippen LogP contribution in [0.25, 0.3) is 0 Å². The summed E-state index contributed by atoms with van der Waals surface area (Å²) in [5, 5.41) is 11.7. The zero-order chi connectivity index (χ0) is 16.9. The molecule has 2 aromatic rings. The number of ether oxygens (including phenoxy) is 1. The molecular weight excluding hydrogens is 324 g/mol. The van der Waals surface area contributed by atoms with Crippen LogP contribution in [0.5, 0.6) is 0 Å². The van der Waals surface area contributed by atoms with E-state index >= 15 is 0 Å². The van der Waals surface area contributed by atoms with E-state index in [-0.39, 0.29) is 5.78 Å². The largest absolute Gasteiger partial charge is 0.380 e. The van der Waals surface area contributed by atoms with Crippen LogP contribution in [0.15, 0.2) is 35.3 Å². The first kappa shape index (κ1) is 15.5. The van der Waals surface area contributed by atoms with Crippen molar-refractivity contribution in [3.05, 3.63) is 46.3 Å². The van der Waals surface area contributed by atoms with Crippen molar-refractivity contribution < 1.29 is 14.6 Å². The minimum atomic E-state index is -1.51. The van der Waals surface area contributed by atoms with Gasteiger partial charge in [0.05, 0.1) is 12.2 Å². The normalized spacial score (nSPS) is 22.4. The molecule has 4 rings (SSSR count). The summed E-state index contributed by atoms with van der Waals surface area (Å²) in [5.41, 5.74) is 1.04. The van der Waals surface area contributed by atoms with E-state index in [0.29, 0.717) is 36.0 Å². The molecule has 1 unspecified atom stereocenters. The maximum absolute atomic E-state index is 12.8. The van der Waals surface area contributed by atoms with E-state index < -0.39 is 5.60 Å². The molecule has 1 saturated heterocycles. The average Bonchev–Trinajstić information content (AvgIpc) is 3.10. The second-order valence-electron chi connectivity index (χ2n) is 6.20. The molecule has 1 fully saturated rings. The SMILES string of the molecule is COCc1ccc(N2CCC3(O)C(=O)c4cc(C)sc4N=C23)cc1. The number of fused-ring (bicyclic) bond motifs is 2. The molecule has 1 aromatic heterocycles. The molecule has 2 aliphatic heterocycles. The predicted octanol–water partition coefficient (Wildman–Crippen LogP) is 3.07. The van der Waals surface area contributed by atoms with Crippen molar-refractivity contribution in [3.63, 3.8) is 0 Å². The van der Waals surface area contributed by atoms with Gasteiger partial charge >= 0.3 is 0 Å². The number of benzene rings is 1. The monoisotopic (exact) mass is 342 g/mol. The fraction of sp³-hybridized carbons (Fsp3) is 0.333. The first-order valence-electron chi connectivity index (χ1n) is 7.85. The zero-order valence-electron chi connectivity index (χ0n) is 13.6. The summed E-state index contributed by atoms with van der Waals surface area (Å²) in [6.45, 7) is 3.07.